The first-order valence-electron chi connectivity index (χ1n) is 6.31. The maximum absolute atomic E-state index is 12.6. The van der Waals surface area contributed by atoms with Crippen LogP contribution in [0.2, 0.25) is 0 Å². The number of aryl methyl sites for hydroxylation is 1. The molecule has 0 aliphatic rings. The fraction of sp³-hybridized carbons (Fsp3) is 0.538. The molecule has 0 atom stereocenters. The molecule has 0 heterocycles. The third-order valence-corrected chi connectivity index (χ3v) is 5.29. The fourth-order valence-corrected chi connectivity index (χ4v) is 3.93. The van der Waals surface area contributed by atoms with Gasteiger partial charge in [-0.05, 0) is 51.0 Å². The Balaban J connectivity index is 3.44. The van der Waals surface area contributed by atoms with E-state index in [4.69, 9.17) is 5.73 Å². The first kappa shape index (κ1) is 17.8. The van der Waals surface area contributed by atoms with Crippen molar-refractivity contribution >= 4 is 15.7 Å². The minimum Gasteiger partial charge on any atom is -0.399 e. The molecule has 0 aromatic heterocycles. The summed E-state index contributed by atoms with van der Waals surface area (Å²) in [5.41, 5.74) is 6.84. The second-order valence-corrected chi connectivity index (χ2v) is 7.08. The standard InChI is InChI=1S/C13H19F3N2O2S/c1-8(2)18(7-13(14,15)16)21(19,20)12-6-11(17)5-9(3)10(12)4/h5-6,8H,7,17H2,1-4H3. The monoisotopic (exact) mass is 324 g/mol. The van der Waals surface area contributed by atoms with Crippen molar-refractivity contribution in [2.45, 2.75) is 44.8 Å². The molecule has 1 rings (SSSR count). The van der Waals surface area contributed by atoms with Crippen LogP contribution < -0.4 is 5.73 Å². The van der Waals surface area contributed by atoms with Gasteiger partial charge in [-0.15, -0.1) is 0 Å². The van der Waals surface area contributed by atoms with Crippen LogP contribution in [0, 0.1) is 13.8 Å². The van der Waals surface area contributed by atoms with Crippen LogP contribution in [0.25, 0.3) is 0 Å². The number of hydrogen-bond acceptors (Lipinski definition) is 3. The predicted octanol–water partition coefficient (Wildman–Crippen LogP) is 2.85. The smallest absolute Gasteiger partial charge is 0.399 e. The highest BCUT2D eigenvalue weighted by atomic mass is 32.2. The first-order valence-corrected chi connectivity index (χ1v) is 7.75. The number of nitrogens with zero attached hydrogens (tertiary/aromatic N) is 1. The Morgan fingerprint density at radius 2 is 1.76 bits per heavy atom. The summed E-state index contributed by atoms with van der Waals surface area (Å²) in [6, 6.07) is 1.96. The van der Waals surface area contributed by atoms with E-state index in [1.54, 1.807) is 19.9 Å². The van der Waals surface area contributed by atoms with Crippen molar-refractivity contribution in [2.75, 3.05) is 12.3 Å². The molecular weight excluding hydrogens is 305 g/mol. The number of benzene rings is 1. The quantitative estimate of drug-likeness (QED) is 0.866. The molecule has 0 bridgehead atoms. The van der Waals surface area contributed by atoms with Crippen LogP contribution in [0.3, 0.4) is 0 Å². The van der Waals surface area contributed by atoms with Crippen LogP contribution in [0.15, 0.2) is 17.0 Å². The number of alkyl halides is 3. The Bertz CT molecular complexity index is 625. The molecular formula is C13H19F3N2O2S. The van der Waals surface area contributed by atoms with Gasteiger partial charge in [0.05, 0.1) is 4.90 Å². The minimum absolute atomic E-state index is 0.182. The molecule has 0 radical (unpaired) electrons. The third kappa shape index (κ3) is 4.10. The van der Waals surface area contributed by atoms with Crippen molar-refractivity contribution in [1.82, 2.24) is 4.31 Å². The van der Waals surface area contributed by atoms with Crippen molar-refractivity contribution in [3.05, 3.63) is 23.3 Å². The third-order valence-electron chi connectivity index (χ3n) is 3.14. The summed E-state index contributed by atoms with van der Waals surface area (Å²) in [6.07, 6.45) is -4.61. The second kappa shape index (κ2) is 5.84. The molecule has 0 saturated carbocycles. The lowest BCUT2D eigenvalue weighted by atomic mass is 10.1. The summed E-state index contributed by atoms with van der Waals surface area (Å²) in [6.45, 7) is 4.48. The largest absolute Gasteiger partial charge is 0.402 e. The van der Waals surface area contributed by atoms with Crippen LogP contribution in [0.1, 0.15) is 25.0 Å². The molecule has 8 heteroatoms. The lowest BCUT2D eigenvalue weighted by Crippen LogP contribution is -2.43. The maximum Gasteiger partial charge on any atom is 0.402 e. The van der Waals surface area contributed by atoms with E-state index in [0.717, 1.165) is 0 Å². The lowest BCUT2D eigenvalue weighted by Gasteiger charge is -2.28. The Kier molecular flexibility index (Phi) is 4.94. The molecule has 120 valence electrons. The zero-order valence-electron chi connectivity index (χ0n) is 12.3. The van der Waals surface area contributed by atoms with Gasteiger partial charge in [0.25, 0.3) is 0 Å². The molecule has 0 amide bonds. The van der Waals surface area contributed by atoms with Gasteiger partial charge in [-0.2, -0.15) is 17.5 Å². The summed E-state index contributed by atoms with van der Waals surface area (Å²) in [4.78, 5) is -0.182. The van der Waals surface area contributed by atoms with E-state index >= 15 is 0 Å². The van der Waals surface area contributed by atoms with Gasteiger partial charge in [0.1, 0.15) is 6.54 Å². The molecule has 0 saturated heterocycles. The Morgan fingerprint density at radius 1 is 1.24 bits per heavy atom. The van der Waals surface area contributed by atoms with Crippen LogP contribution in [-0.4, -0.2) is 31.5 Å². The normalized spacial score (nSPS) is 13.2. The highest BCUT2D eigenvalue weighted by Gasteiger charge is 2.39. The van der Waals surface area contributed by atoms with Crippen LogP contribution in [0.5, 0.6) is 0 Å². The highest BCUT2D eigenvalue weighted by Crippen LogP contribution is 2.29. The van der Waals surface area contributed by atoms with E-state index in [2.05, 4.69) is 0 Å². The van der Waals surface area contributed by atoms with E-state index in [0.29, 0.717) is 15.4 Å². The van der Waals surface area contributed by atoms with Gasteiger partial charge >= 0.3 is 6.18 Å². The van der Waals surface area contributed by atoms with Crippen LogP contribution in [0.4, 0.5) is 18.9 Å². The second-order valence-electron chi connectivity index (χ2n) is 5.22. The molecule has 21 heavy (non-hydrogen) atoms. The summed E-state index contributed by atoms with van der Waals surface area (Å²) in [7, 11) is -4.28. The van der Waals surface area contributed by atoms with Crippen molar-refractivity contribution in [3.63, 3.8) is 0 Å². The molecule has 0 fully saturated rings. The van der Waals surface area contributed by atoms with Gasteiger partial charge in [0, 0.05) is 11.7 Å². The van der Waals surface area contributed by atoms with Gasteiger partial charge in [-0.25, -0.2) is 8.42 Å². The average molecular weight is 324 g/mol. The number of rotatable bonds is 4. The lowest BCUT2D eigenvalue weighted by molar-refractivity contribution is -0.138. The molecule has 0 unspecified atom stereocenters. The number of sulfonamides is 1. The summed E-state index contributed by atoms with van der Waals surface area (Å²) >= 11 is 0. The van der Waals surface area contributed by atoms with Crippen molar-refractivity contribution < 1.29 is 21.6 Å². The minimum atomic E-state index is -4.61. The van der Waals surface area contributed by atoms with Gasteiger partial charge in [0.2, 0.25) is 10.0 Å². The zero-order valence-corrected chi connectivity index (χ0v) is 13.1. The molecule has 0 aliphatic carbocycles. The number of anilines is 1. The SMILES string of the molecule is Cc1cc(N)cc(S(=O)(=O)N(CC(F)(F)F)C(C)C)c1C. The van der Waals surface area contributed by atoms with E-state index in [9.17, 15) is 21.6 Å². The summed E-state index contributed by atoms with van der Waals surface area (Å²) in [5, 5.41) is 0. The average Bonchev–Trinajstić information content (AvgIpc) is 2.29. The van der Waals surface area contributed by atoms with E-state index < -0.39 is 28.8 Å². The van der Waals surface area contributed by atoms with Gasteiger partial charge in [-0.3, -0.25) is 0 Å². The van der Waals surface area contributed by atoms with E-state index in [1.165, 1.54) is 19.9 Å². The molecule has 0 spiro atoms. The molecule has 0 aliphatic heterocycles. The summed E-state index contributed by atoms with van der Waals surface area (Å²) < 4.78 is 63.5. The van der Waals surface area contributed by atoms with Crippen molar-refractivity contribution in [1.29, 1.82) is 0 Å². The molecule has 1 aromatic rings. The van der Waals surface area contributed by atoms with Gasteiger partial charge in [-0.1, -0.05) is 0 Å². The van der Waals surface area contributed by atoms with Gasteiger partial charge in [0.15, 0.2) is 0 Å². The predicted molar refractivity (Wildman–Crippen MR) is 75.4 cm³/mol. The van der Waals surface area contributed by atoms with E-state index in [-0.39, 0.29) is 10.6 Å². The Hall–Kier alpha value is -1.28. The maximum atomic E-state index is 12.6. The molecule has 1 aromatic carbocycles. The number of nitrogens with two attached hydrogens (primary N) is 1. The van der Waals surface area contributed by atoms with Crippen molar-refractivity contribution in [2.24, 2.45) is 0 Å². The topological polar surface area (TPSA) is 63.4 Å². The molecule has 2 N–H and O–H groups in total. The highest BCUT2D eigenvalue weighted by molar-refractivity contribution is 7.89. The first-order chi connectivity index (χ1) is 9.36. The number of hydrogen-bond donors (Lipinski definition) is 1. The van der Waals surface area contributed by atoms with Crippen LogP contribution in [-0.2, 0) is 10.0 Å². The number of nitrogen functional groups attached to an aromatic ring is 1. The fourth-order valence-electron chi connectivity index (χ4n) is 1.97. The number of halogens is 3. The van der Waals surface area contributed by atoms with Gasteiger partial charge < -0.3 is 5.73 Å². The van der Waals surface area contributed by atoms with Crippen molar-refractivity contribution in [3.8, 4) is 0 Å². The Morgan fingerprint density at radius 3 is 2.19 bits per heavy atom. The van der Waals surface area contributed by atoms with E-state index in [1.807, 2.05) is 0 Å². The Labute approximate surface area is 122 Å². The molecule has 4 nitrogen and oxygen atoms in total. The summed E-state index contributed by atoms with van der Waals surface area (Å²) in [5.74, 6) is 0. The van der Waals surface area contributed by atoms with Crippen LogP contribution >= 0.6 is 0 Å². The zero-order chi connectivity index (χ0) is 16.6.